The molecule has 1 aromatic heterocycles. The minimum Gasteiger partial charge on any atom is -0.493 e. The van der Waals surface area contributed by atoms with E-state index in [1.165, 1.54) is 5.56 Å². The molecule has 0 saturated carbocycles. The second-order valence-electron chi connectivity index (χ2n) is 6.09. The van der Waals surface area contributed by atoms with Gasteiger partial charge in [-0.25, -0.2) is 4.98 Å². The van der Waals surface area contributed by atoms with Crippen LogP contribution in [-0.2, 0) is 6.42 Å². The second-order valence-corrected chi connectivity index (χ2v) is 6.09. The van der Waals surface area contributed by atoms with Crippen molar-refractivity contribution < 1.29 is 14.3 Å². The molecule has 28 heavy (non-hydrogen) atoms. The SMILES string of the molecule is COc1ccc(Nc2ncccc2C(=O)NCCc2ccccc2)cc1OC. The van der Waals surface area contributed by atoms with Crippen LogP contribution in [0.2, 0.25) is 0 Å². The molecule has 0 spiro atoms. The maximum atomic E-state index is 12.6. The van der Waals surface area contributed by atoms with Crippen LogP contribution in [0.25, 0.3) is 0 Å². The Morgan fingerprint density at radius 1 is 0.964 bits per heavy atom. The van der Waals surface area contributed by atoms with Crippen LogP contribution in [0.1, 0.15) is 15.9 Å². The van der Waals surface area contributed by atoms with Gasteiger partial charge in [-0.05, 0) is 36.2 Å². The van der Waals surface area contributed by atoms with Crippen LogP contribution < -0.4 is 20.1 Å². The Hall–Kier alpha value is -3.54. The fraction of sp³-hybridized carbons (Fsp3) is 0.182. The number of ether oxygens (including phenoxy) is 2. The van der Waals surface area contributed by atoms with E-state index in [0.717, 1.165) is 12.1 Å². The number of nitrogens with zero attached hydrogens (tertiary/aromatic N) is 1. The summed E-state index contributed by atoms with van der Waals surface area (Å²) in [6, 6.07) is 19.0. The summed E-state index contributed by atoms with van der Waals surface area (Å²) in [6.45, 7) is 0.549. The molecule has 1 heterocycles. The molecule has 0 aliphatic heterocycles. The van der Waals surface area contributed by atoms with Crippen molar-refractivity contribution in [1.82, 2.24) is 10.3 Å². The normalized spacial score (nSPS) is 10.2. The number of hydrogen-bond acceptors (Lipinski definition) is 5. The zero-order chi connectivity index (χ0) is 19.8. The Bertz CT molecular complexity index is 929. The molecule has 0 saturated heterocycles. The highest BCUT2D eigenvalue weighted by Crippen LogP contribution is 2.31. The number of anilines is 2. The fourth-order valence-electron chi connectivity index (χ4n) is 2.80. The monoisotopic (exact) mass is 377 g/mol. The van der Waals surface area contributed by atoms with Crippen molar-refractivity contribution in [2.75, 3.05) is 26.1 Å². The molecule has 6 heteroatoms. The van der Waals surface area contributed by atoms with E-state index >= 15 is 0 Å². The van der Waals surface area contributed by atoms with Crippen LogP contribution in [0.15, 0.2) is 66.9 Å². The van der Waals surface area contributed by atoms with Crippen molar-refractivity contribution >= 4 is 17.4 Å². The molecule has 0 fully saturated rings. The van der Waals surface area contributed by atoms with Crippen molar-refractivity contribution in [1.29, 1.82) is 0 Å². The molecule has 0 atom stereocenters. The van der Waals surface area contributed by atoms with Gasteiger partial charge in [0.25, 0.3) is 5.91 Å². The van der Waals surface area contributed by atoms with Gasteiger partial charge >= 0.3 is 0 Å². The lowest BCUT2D eigenvalue weighted by molar-refractivity contribution is 0.0954. The number of carbonyl (C=O) groups is 1. The third-order valence-electron chi connectivity index (χ3n) is 4.24. The summed E-state index contributed by atoms with van der Waals surface area (Å²) in [6.07, 6.45) is 2.41. The third-order valence-corrected chi connectivity index (χ3v) is 4.24. The average Bonchev–Trinajstić information content (AvgIpc) is 2.74. The molecule has 3 aromatic rings. The number of methoxy groups -OCH3 is 2. The van der Waals surface area contributed by atoms with E-state index < -0.39 is 0 Å². The molecule has 0 bridgehead atoms. The van der Waals surface area contributed by atoms with Crippen LogP contribution >= 0.6 is 0 Å². The first-order valence-electron chi connectivity index (χ1n) is 8.97. The van der Waals surface area contributed by atoms with E-state index in [0.29, 0.717) is 29.4 Å². The molecule has 0 radical (unpaired) electrons. The van der Waals surface area contributed by atoms with Gasteiger partial charge in [0.2, 0.25) is 0 Å². The van der Waals surface area contributed by atoms with Crippen LogP contribution in [0.5, 0.6) is 11.5 Å². The van der Waals surface area contributed by atoms with E-state index in [-0.39, 0.29) is 5.91 Å². The largest absolute Gasteiger partial charge is 0.493 e. The molecule has 2 N–H and O–H groups in total. The number of nitrogens with one attached hydrogen (secondary N) is 2. The van der Waals surface area contributed by atoms with Gasteiger partial charge in [-0.15, -0.1) is 0 Å². The van der Waals surface area contributed by atoms with Gasteiger partial charge in [0.15, 0.2) is 11.5 Å². The van der Waals surface area contributed by atoms with Crippen LogP contribution in [-0.4, -0.2) is 31.7 Å². The highest BCUT2D eigenvalue weighted by molar-refractivity contribution is 5.99. The van der Waals surface area contributed by atoms with E-state index in [4.69, 9.17) is 9.47 Å². The second kappa shape index (κ2) is 9.41. The summed E-state index contributed by atoms with van der Waals surface area (Å²) >= 11 is 0. The smallest absolute Gasteiger partial charge is 0.255 e. The highest BCUT2D eigenvalue weighted by Gasteiger charge is 2.13. The quantitative estimate of drug-likeness (QED) is 0.624. The fourth-order valence-corrected chi connectivity index (χ4v) is 2.80. The number of aromatic nitrogens is 1. The van der Waals surface area contributed by atoms with Gasteiger partial charge in [-0.2, -0.15) is 0 Å². The predicted molar refractivity (Wildman–Crippen MR) is 110 cm³/mol. The van der Waals surface area contributed by atoms with E-state index in [9.17, 15) is 4.79 Å². The molecule has 3 rings (SSSR count). The highest BCUT2D eigenvalue weighted by atomic mass is 16.5. The molecule has 0 aliphatic carbocycles. The van der Waals surface area contributed by atoms with Crippen molar-refractivity contribution in [3.05, 3.63) is 78.0 Å². The maximum Gasteiger partial charge on any atom is 0.255 e. The Balaban J connectivity index is 1.69. The molecule has 1 amide bonds. The molecular weight excluding hydrogens is 354 g/mol. The first-order valence-corrected chi connectivity index (χ1v) is 8.97. The molecule has 2 aromatic carbocycles. The number of hydrogen-bond donors (Lipinski definition) is 2. The summed E-state index contributed by atoms with van der Waals surface area (Å²) in [5.74, 6) is 1.53. The summed E-state index contributed by atoms with van der Waals surface area (Å²) in [7, 11) is 3.16. The first kappa shape index (κ1) is 19.2. The van der Waals surface area contributed by atoms with Crippen LogP contribution in [0.4, 0.5) is 11.5 Å². The molecule has 144 valence electrons. The van der Waals surface area contributed by atoms with Crippen molar-refractivity contribution in [2.45, 2.75) is 6.42 Å². The number of rotatable bonds is 8. The zero-order valence-electron chi connectivity index (χ0n) is 15.9. The lowest BCUT2D eigenvalue weighted by Gasteiger charge is -2.13. The number of carbonyl (C=O) groups excluding carboxylic acids is 1. The van der Waals surface area contributed by atoms with Crippen molar-refractivity contribution in [3.8, 4) is 11.5 Å². The summed E-state index contributed by atoms with van der Waals surface area (Å²) in [5, 5.41) is 6.13. The Kier molecular flexibility index (Phi) is 6.46. The minimum absolute atomic E-state index is 0.174. The van der Waals surface area contributed by atoms with Gasteiger partial charge < -0.3 is 20.1 Å². The summed E-state index contributed by atoms with van der Waals surface area (Å²) in [4.78, 5) is 16.9. The van der Waals surface area contributed by atoms with E-state index in [1.807, 2.05) is 36.4 Å². The summed E-state index contributed by atoms with van der Waals surface area (Å²) < 4.78 is 10.6. The van der Waals surface area contributed by atoms with Crippen molar-refractivity contribution in [3.63, 3.8) is 0 Å². The van der Waals surface area contributed by atoms with Gasteiger partial charge in [0.05, 0.1) is 19.8 Å². The average molecular weight is 377 g/mol. The van der Waals surface area contributed by atoms with E-state index in [2.05, 4.69) is 15.6 Å². The molecule has 6 nitrogen and oxygen atoms in total. The Labute approximate surface area is 164 Å². The lowest BCUT2D eigenvalue weighted by Crippen LogP contribution is -2.26. The Morgan fingerprint density at radius 3 is 2.50 bits per heavy atom. The molecule has 0 aliphatic rings. The van der Waals surface area contributed by atoms with E-state index in [1.54, 1.807) is 44.7 Å². The first-order chi connectivity index (χ1) is 13.7. The van der Waals surface area contributed by atoms with Gasteiger partial charge in [-0.3, -0.25) is 4.79 Å². The van der Waals surface area contributed by atoms with Gasteiger partial charge in [0.1, 0.15) is 5.82 Å². The summed E-state index contributed by atoms with van der Waals surface area (Å²) in [5.41, 5.74) is 2.40. The molecular formula is C22H23N3O3. The number of amides is 1. The molecule has 0 unspecified atom stereocenters. The van der Waals surface area contributed by atoms with Gasteiger partial charge in [-0.1, -0.05) is 30.3 Å². The predicted octanol–water partition coefficient (Wildman–Crippen LogP) is 3.81. The zero-order valence-corrected chi connectivity index (χ0v) is 15.9. The lowest BCUT2D eigenvalue weighted by atomic mass is 10.1. The standard InChI is InChI=1S/C22H23N3O3/c1-27-19-11-10-17(15-20(19)28-2)25-21-18(9-6-13-23-21)22(26)24-14-12-16-7-4-3-5-8-16/h3-11,13,15H,12,14H2,1-2H3,(H,23,25)(H,24,26). The van der Waals surface area contributed by atoms with Crippen molar-refractivity contribution in [2.24, 2.45) is 0 Å². The minimum atomic E-state index is -0.174. The topological polar surface area (TPSA) is 72.5 Å². The van der Waals surface area contributed by atoms with Gasteiger partial charge in [0, 0.05) is 24.5 Å². The Morgan fingerprint density at radius 2 is 1.75 bits per heavy atom. The number of pyridine rings is 1. The number of benzene rings is 2. The third kappa shape index (κ3) is 4.79. The maximum absolute atomic E-state index is 12.6. The van der Waals surface area contributed by atoms with Crippen LogP contribution in [0.3, 0.4) is 0 Å². The van der Waals surface area contributed by atoms with Crippen LogP contribution in [0, 0.1) is 0 Å².